The summed E-state index contributed by atoms with van der Waals surface area (Å²) >= 11 is 0. The summed E-state index contributed by atoms with van der Waals surface area (Å²) in [4.78, 5) is 0. The van der Waals surface area contributed by atoms with Crippen molar-refractivity contribution in [2.24, 2.45) is 7.05 Å². The average molecular weight is 248 g/mol. The second kappa shape index (κ2) is 4.73. The fourth-order valence-corrected chi connectivity index (χ4v) is 2.50. The van der Waals surface area contributed by atoms with E-state index in [1.54, 1.807) is 0 Å². The van der Waals surface area contributed by atoms with Gasteiger partial charge in [0.1, 0.15) is 0 Å². The molecule has 0 saturated carbocycles. The Morgan fingerprint density at radius 3 is 1.89 bits per heavy atom. The smallest absolute Gasteiger partial charge is 0.0958 e. The first-order valence-electron chi connectivity index (χ1n) is 6.42. The van der Waals surface area contributed by atoms with E-state index in [4.69, 9.17) is 0 Å². The fraction of sp³-hybridized carbons (Fsp3) is 0.118. The summed E-state index contributed by atoms with van der Waals surface area (Å²) in [6.45, 7) is 2.14. The highest BCUT2D eigenvalue weighted by Gasteiger charge is 2.14. The number of hydrogen-bond acceptors (Lipinski definition) is 1. The SMILES string of the molecule is Cc1c(-c2ccccc2)nn(C)c1-c1ccccc1. The van der Waals surface area contributed by atoms with Gasteiger partial charge in [0.15, 0.2) is 0 Å². The lowest BCUT2D eigenvalue weighted by Gasteiger charge is -2.03. The minimum atomic E-state index is 1.06. The van der Waals surface area contributed by atoms with Crippen molar-refractivity contribution in [3.05, 3.63) is 66.2 Å². The molecule has 2 heteroatoms. The normalized spacial score (nSPS) is 10.6. The molecule has 0 spiro atoms. The number of aromatic nitrogens is 2. The molecule has 3 rings (SSSR count). The molecule has 0 N–H and O–H groups in total. The first-order chi connectivity index (χ1) is 9.27. The topological polar surface area (TPSA) is 17.8 Å². The van der Waals surface area contributed by atoms with Gasteiger partial charge < -0.3 is 0 Å². The highest BCUT2D eigenvalue weighted by Crippen LogP contribution is 2.30. The lowest BCUT2D eigenvalue weighted by atomic mass is 10.0. The van der Waals surface area contributed by atoms with Gasteiger partial charge in [0.25, 0.3) is 0 Å². The molecule has 3 aromatic rings. The molecule has 1 heterocycles. The molecule has 0 amide bonds. The third-order valence-electron chi connectivity index (χ3n) is 3.38. The van der Waals surface area contributed by atoms with E-state index in [1.807, 2.05) is 36.0 Å². The van der Waals surface area contributed by atoms with E-state index in [9.17, 15) is 0 Å². The standard InChI is InChI=1S/C17H16N2/c1-13-16(14-9-5-3-6-10-14)18-19(2)17(13)15-11-7-4-8-12-15/h3-12H,1-2H3. The molecular formula is C17H16N2. The van der Waals surface area contributed by atoms with Gasteiger partial charge in [-0.05, 0) is 6.92 Å². The molecule has 0 saturated heterocycles. The molecule has 19 heavy (non-hydrogen) atoms. The van der Waals surface area contributed by atoms with Crippen LogP contribution in [0.4, 0.5) is 0 Å². The second-order valence-electron chi connectivity index (χ2n) is 4.68. The number of aryl methyl sites for hydroxylation is 1. The van der Waals surface area contributed by atoms with E-state index in [2.05, 4.69) is 48.4 Å². The number of hydrogen-bond donors (Lipinski definition) is 0. The first kappa shape index (κ1) is 11.7. The van der Waals surface area contributed by atoms with Gasteiger partial charge in [-0.15, -0.1) is 0 Å². The van der Waals surface area contributed by atoms with Gasteiger partial charge in [0, 0.05) is 23.7 Å². The van der Waals surface area contributed by atoms with Crippen LogP contribution in [0.5, 0.6) is 0 Å². The van der Waals surface area contributed by atoms with Crippen LogP contribution in [0.15, 0.2) is 60.7 Å². The third-order valence-corrected chi connectivity index (χ3v) is 3.38. The average Bonchev–Trinajstić information content (AvgIpc) is 2.76. The monoisotopic (exact) mass is 248 g/mol. The molecule has 0 aliphatic carbocycles. The Bertz CT molecular complexity index is 682. The van der Waals surface area contributed by atoms with Crippen molar-refractivity contribution in [2.45, 2.75) is 6.92 Å². The molecule has 0 fully saturated rings. The number of benzene rings is 2. The summed E-state index contributed by atoms with van der Waals surface area (Å²) in [6, 6.07) is 20.7. The number of nitrogens with zero attached hydrogens (tertiary/aromatic N) is 2. The van der Waals surface area contributed by atoms with Crippen molar-refractivity contribution in [1.29, 1.82) is 0 Å². The van der Waals surface area contributed by atoms with Crippen molar-refractivity contribution in [1.82, 2.24) is 9.78 Å². The van der Waals surface area contributed by atoms with Crippen LogP contribution < -0.4 is 0 Å². The maximum atomic E-state index is 4.67. The summed E-state index contributed by atoms with van der Waals surface area (Å²) in [6.07, 6.45) is 0. The molecule has 0 unspecified atom stereocenters. The Morgan fingerprint density at radius 2 is 1.32 bits per heavy atom. The Hall–Kier alpha value is -2.35. The maximum absolute atomic E-state index is 4.67. The van der Waals surface area contributed by atoms with Gasteiger partial charge in [-0.25, -0.2) is 0 Å². The van der Waals surface area contributed by atoms with Crippen molar-refractivity contribution in [3.63, 3.8) is 0 Å². The largest absolute Gasteiger partial charge is 0.267 e. The van der Waals surface area contributed by atoms with Crippen LogP contribution >= 0.6 is 0 Å². The molecule has 0 radical (unpaired) electrons. The highest BCUT2D eigenvalue weighted by atomic mass is 15.3. The minimum absolute atomic E-state index is 1.06. The predicted molar refractivity (Wildman–Crippen MR) is 78.8 cm³/mol. The van der Waals surface area contributed by atoms with E-state index in [-0.39, 0.29) is 0 Å². The predicted octanol–water partition coefficient (Wildman–Crippen LogP) is 4.06. The van der Waals surface area contributed by atoms with Gasteiger partial charge in [-0.1, -0.05) is 60.7 Å². The van der Waals surface area contributed by atoms with Crippen LogP contribution in [0.3, 0.4) is 0 Å². The Morgan fingerprint density at radius 1 is 0.789 bits per heavy atom. The molecule has 2 nitrogen and oxygen atoms in total. The van der Waals surface area contributed by atoms with Crippen molar-refractivity contribution in [2.75, 3.05) is 0 Å². The van der Waals surface area contributed by atoms with Crippen LogP contribution in [0.1, 0.15) is 5.56 Å². The van der Waals surface area contributed by atoms with E-state index in [0.717, 1.165) is 11.3 Å². The lowest BCUT2D eigenvalue weighted by molar-refractivity contribution is 0.779. The van der Waals surface area contributed by atoms with Gasteiger partial charge in [-0.2, -0.15) is 5.10 Å². The molecule has 2 aromatic carbocycles. The maximum Gasteiger partial charge on any atom is 0.0958 e. The van der Waals surface area contributed by atoms with Gasteiger partial charge >= 0.3 is 0 Å². The lowest BCUT2D eigenvalue weighted by Crippen LogP contribution is -1.94. The molecule has 0 atom stereocenters. The zero-order chi connectivity index (χ0) is 13.2. The Labute approximate surface area is 113 Å². The van der Waals surface area contributed by atoms with Crippen molar-refractivity contribution < 1.29 is 0 Å². The van der Waals surface area contributed by atoms with Crippen LogP contribution in [0.2, 0.25) is 0 Å². The summed E-state index contributed by atoms with van der Waals surface area (Å²) in [5.41, 5.74) is 5.83. The van der Waals surface area contributed by atoms with E-state index >= 15 is 0 Å². The summed E-state index contributed by atoms with van der Waals surface area (Å²) in [5, 5.41) is 4.67. The Balaban J connectivity index is 2.17. The van der Waals surface area contributed by atoms with Gasteiger partial charge in [-0.3, -0.25) is 4.68 Å². The van der Waals surface area contributed by atoms with Crippen LogP contribution in [0.25, 0.3) is 22.5 Å². The van der Waals surface area contributed by atoms with E-state index in [1.165, 1.54) is 16.8 Å². The molecule has 0 bridgehead atoms. The Kier molecular flexibility index (Phi) is 2.92. The highest BCUT2D eigenvalue weighted by molar-refractivity contribution is 5.74. The molecule has 1 aromatic heterocycles. The zero-order valence-electron chi connectivity index (χ0n) is 11.2. The second-order valence-corrected chi connectivity index (χ2v) is 4.68. The van der Waals surface area contributed by atoms with Crippen LogP contribution in [-0.2, 0) is 7.05 Å². The van der Waals surface area contributed by atoms with E-state index in [0.29, 0.717) is 0 Å². The van der Waals surface area contributed by atoms with Crippen molar-refractivity contribution in [3.8, 4) is 22.5 Å². The quantitative estimate of drug-likeness (QED) is 0.668. The third kappa shape index (κ3) is 2.06. The van der Waals surface area contributed by atoms with Gasteiger partial charge in [0.2, 0.25) is 0 Å². The molecule has 0 aliphatic heterocycles. The zero-order valence-corrected chi connectivity index (χ0v) is 11.2. The summed E-state index contributed by atoms with van der Waals surface area (Å²) in [5.74, 6) is 0. The van der Waals surface area contributed by atoms with E-state index < -0.39 is 0 Å². The summed E-state index contributed by atoms with van der Waals surface area (Å²) in [7, 11) is 2.00. The van der Waals surface area contributed by atoms with Crippen LogP contribution in [0, 0.1) is 6.92 Å². The van der Waals surface area contributed by atoms with Crippen molar-refractivity contribution >= 4 is 0 Å². The molecular weight excluding hydrogens is 232 g/mol. The minimum Gasteiger partial charge on any atom is -0.267 e. The molecule has 94 valence electrons. The number of rotatable bonds is 2. The first-order valence-corrected chi connectivity index (χ1v) is 6.42. The summed E-state index contributed by atoms with van der Waals surface area (Å²) < 4.78 is 1.97. The van der Waals surface area contributed by atoms with Gasteiger partial charge in [0.05, 0.1) is 11.4 Å². The van der Waals surface area contributed by atoms with Crippen LogP contribution in [-0.4, -0.2) is 9.78 Å². The fourth-order valence-electron chi connectivity index (χ4n) is 2.50. The molecule has 0 aliphatic rings.